The van der Waals surface area contributed by atoms with Crippen LogP contribution in [0.15, 0.2) is 12.1 Å². The van der Waals surface area contributed by atoms with Crippen LogP contribution in [0.5, 0.6) is 0 Å². The summed E-state index contributed by atoms with van der Waals surface area (Å²) in [5, 5.41) is 13.4. The molecule has 0 saturated carbocycles. The summed E-state index contributed by atoms with van der Waals surface area (Å²) < 4.78 is 1.71. The standard InChI is InChI=1S/C12H15N3O2/c1-7-5-10-13-8(11(16)17)6-9(12(2,3)4)15(10)14-7/h5-6H,1-4H3,(H,16,17). The number of fused-ring (bicyclic) bond motifs is 1. The van der Waals surface area contributed by atoms with Crippen molar-refractivity contribution in [3.63, 3.8) is 0 Å². The average Bonchev–Trinajstić information content (AvgIpc) is 2.54. The molecule has 0 bridgehead atoms. The summed E-state index contributed by atoms with van der Waals surface area (Å²) in [6.07, 6.45) is 0. The van der Waals surface area contributed by atoms with Crippen LogP contribution < -0.4 is 0 Å². The lowest BCUT2D eigenvalue weighted by Crippen LogP contribution is -2.19. The summed E-state index contributed by atoms with van der Waals surface area (Å²) >= 11 is 0. The van der Waals surface area contributed by atoms with Crippen LogP contribution in [0.3, 0.4) is 0 Å². The first-order valence-electron chi connectivity index (χ1n) is 5.40. The topological polar surface area (TPSA) is 67.5 Å². The van der Waals surface area contributed by atoms with Gasteiger partial charge in [0.2, 0.25) is 0 Å². The van der Waals surface area contributed by atoms with Crippen molar-refractivity contribution in [2.75, 3.05) is 0 Å². The molecule has 0 unspecified atom stereocenters. The second-order valence-corrected chi connectivity index (χ2v) is 5.14. The maximum atomic E-state index is 11.0. The Labute approximate surface area is 99.1 Å². The summed E-state index contributed by atoms with van der Waals surface area (Å²) in [5.41, 5.74) is 2.11. The van der Waals surface area contributed by atoms with Crippen molar-refractivity contribution in [1.29, 1.82) is 0 Å². The van der Waals surface area contributed by atoms with E-state index in [0.717, 1.165) is 11.4 Å². The molecule has 0 spiro atoms. The van der Waals surface area contributed by atoms with Crippen molar-refractivity contribution in [3.8, 4) is 0 Å². The molecule has 90 valence electrons. The van der Waals surface area contributed by atoms with Gasteiger partial charge in [-0.25, -0.2) is 14.3 Å². The van der Waals surface area contributed by atoms with E-state index in [9.17, 15) is 4.79 Å². The monoisotopic (exact) mass is 233 g/mol. The zero-order valence-corrected chi connectivity index (χ0v) is 10.4. The van der Waals surface area contributed by atoms with E-state index in [1.165, 1.54) is 0 Å². The summed E-state index contributed by atoms with van der Waals surface area (Å²) in [6, 6.07) is 3.36. The van der Waals surface area contributed by atoms with Gasteiger partial charge in [-0.3, -0.25) is 0 Å². The van der Waals surface area contributed by atoms with Crippen LogP contribution in [0.25, 0.3) is 5.65 Å². The van der Waals surface area contributed by atoms with Gasteiger partial charge < -0.3 is 5.11 Å². The number of carboxylic acids is 1. The maximum absolute atomic E-state index is 11.0. The summed E-state index contributed by atoms with van der Waals surface area (Å²) in [5.74, 6) is -1.02. The van der Waals surface area contributed by atoms with Crippen LogP contribution in [0, 0.1) is 6.92 Å². The molecule has 0 saturated heterocycles. The van der Waals surface area contributed by atoms with Gasteiger partial charge in [-0.1, -0.05) is 20.8 Å². The molecule has 5 heteroatoms. The maximum Gasteiger partial charge on any atom is 0.354 e. The van der Waals surface area contributed by atoms with Gasteiger partial charge in [0.1, 0.15) is 0 Å². The number of hydrogen-bond acceptors (Lipinski definition) is 3. The summed E-state index contributed by atoms with van der Waals surface area (Å²) in [4.78, 5) is 15.1. The third kappa shape index (κ3) is 2.00. The Bertz CT molecular complexity index is 594. The van der Waals surface area contributed by atoms with Crippen LogP contribution in [-0.4, -0.2) is 25.7 Å². The second kappa shape index (κ2) is 3.55. The van der Waals surface area contributed by atoms with Gasteiger partial charge in [-0.15, -0.1) is 0 Å². The number of nitrogens with zero attached hydrogens (tertiary/aromatic N) is 3. The third-order valence-electron chi connectivity index (χ3n) is 2.54. The predicted octanol–water partition coefficient (Wildman–Crippen LogP) is 2.03. The van der Waals surface area contributed by atoms with E-state index >= 15 is 0 Å². The van der Waals surface area contributed by atoms with E-state index in [2.05, 4.69) is 10.1 Å². The van der Waals surface area contributed by atoms with E-state index < -0.39 is 5.97 Å². The lowest BCUT2D eigenvalue weighted by atomic mass is 9.91. The number of carbonyl (C=O) groups is 1. The van der Waals surface area contributed by atoms with E-state index in [4.69, 9.17) is 5.11 Å². The van der Waals surface area contributed by atoms with E-state index in [1.54, 1.807) is 16.6 Å². The van der Waals surface area contributed by atoms with Gasteiger partial charge in [-0.05, 0) is 13.0 Å². The highest BCUT2D eigenvalue weighted by Gasteiger charge is 2.21. The average molecular weight is 233 g/mol. The van der Waals surface area contributed by atoms with Gasteiger partial charge in [0.15, 0.2) is 11.3 Å². The number of rotatable bonds is 1. The molecular formula is C12H15N3O2. The Balaban J connectivity index is 2.82. The molecule has 0 amide bonds. The zero-order chi connectivity index (χ0) is 12.8. The molecule has 2 aromatic heterocycles. The molecule has 2 rings (SSSR count). The van der Waals surface area contributed by atoms with Crippen molar-refractivity contribution in [3.05, 3.63) is 29.2 Å². The molecule has 2 aromatic rings. The Morgan fingerprint density at radius 3 is 2.53 bits per heavy atom. The second-order valence-electron chi connectivity index (χ2n) is 5.14. The van der Waals surface area contributed by atoms with Crippen LogP contribution in [0.4, 0.5) is 0 Å². The fraction of sp³-hybridized carbons (Fsp3) is 0.417. The smallest absolute Gasteiger partial charge is 0.354 e. The van der Waals surface area contributed by atoms with Crippen LogP contribution in [0.2, 0.25) is 0 Å². The van der Waals surface area contributed by atoms with E-state index in [0.29, 0.717) is 5.65 Å². The minimum atomic E-state index is -1.02. The predicted molar refractivity (Wildman–Crippen MR) is 63.4 cm³/mol. The molecule has 0 aliphatic rings. The van der Waals surface area contributed by atoms with Crippen LogP contribution >= 0.6 is 0 Å². The first kappa shape index (κ1) is 11.6. The molecule has 0 radical (unpaired) electrons. The van der Waals surface area contributed by atoms with Crippen molar-refractivity contribution in [1.82, 2.24) is 14.6 Å². The first-order valence-corrected chi connectivity index (χ1v) is 5.40. The highest BCUT2D eigenvalue weighted by atomic mass is 16.4. The number of carboxylic acid groups (broad SMARTS) is 1. The van der Waals surface area contributed by atoms with Crippen molar-refractivity contribution >= 4 is 11.6 Å². The molecule has 0 aliphatic heterocycles. The number of aromatic nitrogens is 3. The number of aromatic carboxylic acids is 1. The number of hydrogen-bond donors (Lipinski definition) is 1. The summed E-state index contributed by atoms with van der Waals surface area (Å²) in [6.45, 7) is 7.92. The van der Waals surface area contributed by atoms with Gasteiger partial charge in [0.25, 0.3) is 0 Å². The molecule has 1 N–H and O–H groups in total. The van der Waals surface area contributed by atoms with Gasteiger partial charge in [0.05, 0.1) is 11.4 Å². The Hall–Kier alpha value is -1.91. The van der Waals surface area contributed by atoms with E-state index in [1.807, 2.05) is 27.7 Å². The minimum absolute atomic E-state index is 0.0577. The minimum Gasteiger partial charge on any atom is -0.477 e. The lowest BCUT2D eigenvalue weighted by Gasteiger charge is -2.20. The zero-order valence-electron chi connectivity index (χ0n) is 10.4. The molecule has 0 aliphatic carbocycles. The Kier molecular flexibility index (Phi) is 2.41. The van der Waals surface area contributed by atoms with Crippen molar-refractivity contribution in [2.45, 2.75) is 33.1 Å². The Morgan fingerprint density at radius 1 is 1.35 bits per heavy atom. The molecule has 0 fully saturated rings. The molecule has 0 atom stereocenters. The fourth-order valence-corrected chi connectivity index (χ4v) is 1.73. The molecule has 5 nitrogen and oxygen atoms in total. The van der Waals surface area contributed by atoms with Crippen molar-refractivity contribution in [2.24, 2.45) is 0 Å². The highest BCUT2D eigenvalue weighted by Crippen LogP contribution is 2.23. The molecule has 2 heterocycles. The SMILES string of the molecule is Cc1cc2nc(C(=O)O)cc(C(C)(C)C)n2n1. The molecule has 17 heavy (non-hydrogen) atoms. The number of aryl methyl sites for hydroxylation is 1. The van der Waals surface area contributed by atoms with Crippen molar-refractivity contribution < 1.29 is 9.90 Å². The Morgan fingerprint density at radius 2 is 2.00 bits per heavy atom. The highest BCUT2D eigenvalue weighted by molar-refractivity contribution is 5.86. The fourth-order valence-electron chi connectivity index (χ4n) is 1.73. The van der Waals surface area contributed by atoms with Crippen LogP contribution in [0.1, 0.15) is 42.6 Å². The van der Waals surface area contributed by atoms with Crippen LogP contribution in [-0.2, 0) is 5.41 Å². The third-order valence-corrected chi connectivity index (χ3v) is 2.54. The normalized spacial score (nSPS) is 12.0. The summed E-state index contributed by atoms with van der Waals surface area (Å²) in [7, 11) is 0. The van der Waals surface area contributed by atoms with E-state index in [-0.39, 0.29) is 11.1 Å². The lowest BCUT2D eigenvalue weighted by molar-refractivity contribution is 0.0690. The van der Waals surface area contributed by atoms with Gasteiger partial charge in [-0.2, -0.15) is 5.10 Å². The molecular weight excluding hydrogens is 218 g/mol. The largest absolute Gasteiger partial charge is 0.477 e. The first-order chi connectivity index (χ1) is 7.79. The quantitative estimate of drug-likeness (QED) is 0.818. The molecule has 0 aromatic carbocycles. The van der Waals surface area contributed by atoms with Gasteiger partial charge in [0, 0.05) is 11.5 Å². The van der Waals surface area contributed by atoms with Gasteiger partial charge >= 0.3 is 5.97 Å².